The lowest BCUT2D eigenvalue weighted by Gasteiger charge is -2.06. The van der Waals surface area contributed by atoms with Crippen LogP contribution in [0.3, 0.4) is 0 Å². The summed E-state index contributed by atoms with van der Waals surface area (Å²) in [6, 6.07) is 9.76. The van der Waals surface area contributed by atoms with Crippen LogP contribution in [-0.4, -0.2) is 4.98 Å². The summed E-state index contributed by atoms with van der Waals surface area (Å²) in [6.07, 6.45) is 0. The van der Waals surface area contributed by atoms with Gasteiger partial charge in [-0.15, -0.1) is 0 Å². The van der Waals surface area contributed by atoms with Crippen LogP contribution in [0.1, 0.15) is 5.56 Å². The van der Waals surface area contributed by atoms with E-state index in [1.165, 1.54) is 6.07 Å². The van der Waals surface area contributed by atoms with Crippen molar-refractivity contribution in [1.29, 1.82) is 0 Å². The summed E-state index contributed by atoms with van der Waals surface area (Å²) in [7, 11) is 0. The fourth-order valence-corrected chi connectivity index (χ4v) is 1.75. The highest BCUT2D eigenvalue weighted by atomic mass is 79.9. The largest absolute Gasteiger partial charge is 0.473 e. The summed E-state index contributed by atoms with van der Waals surface area (Å²) >= 11 is 8.89. The Labute approximate surface area is 112 Å². The Balaban J connectivity index is 2.07. The minimum absolute atomic E-state index is 0.118. The Morgan fingerprint density at radius 1 is 1.29 bits per heavy atom. The van der Waals surface area contributed by atoms with Crippen molar-refractivity contribution in [2.45, 2.75) is 6.61 Å². The summed E-state index contributed by atoms with van der Waals surface area (Å²) in [6.45, 7) is 0.118. The highest BCUT2D eigenvalue weighted by molar-refractivity contribution is 9.10. The van der Waals surface area contributed by atoms with Crippen LogP contribution in [-0.2, 0) is 6.61 Å². The van der Waals surface area contributed by atoms with Crippen LogP contribution >= 0.6 is 27.5 Å². The van der Waals surface area contributed by atoms with Gasteiger partial charge in [0.15, 0.2) is 0 Å². The number of benzene rings is 1. The predicted molar refractivity (Wildman–Crippen MR) is 67.7 cm³/mol. The minimum atomic E-state index is -0.382. The molecule has 0 fully saturated rings. The van der Waals surface area contributed by atoms with Gasteiger partial charge < -0.3 is 4.74 Å². The van der Waals surface area contributed by atoms with E-state index in [0.29, 0.717) is 21.1 Å². The number of halogens is 3. The van der Waals surface area contributed by atoms with Crippen LogP contribution in [0.2, 0.25) is 5.02 Å². The molecule has 0 aliphatic rings. The molecule has 0 saturated carbocycles. The minimum Gasteiger partial charge on any atom is -0.473 e. The number of hydrogen-bond acceptors (Lipinski definition) is 2. The molecule has 2 nitrogen and oxygen atoms in total. The molecule has 0 aliphatic heterocycles. The SMILES string of the molecule is Fc1cc(Cl)ccc1COc1cccc(Br)n1. The van der Waals surface area contributed by atoms with Gasteiger partial charge in [0, 0.05) is 16.7 Å². The van der Waals surface area contributed by atoms with Crippen LogP contribution in [0, 0.1) is 5.82 Å². The smallest absolute Gasteiger partial charge is 0.214 e. The molecule has 0 bridgehead atoms. The fourth-order valence-electron chi connectivity index (χ4n) is 1.26. The second kappa shape index (κ2) is 5.47. The molecule has 0 atom stereocenters. The topological polar surface area (TPSA) is 22.1 Å². The third kappa shape index (κ3) is 3.41. The standard InChI is InChI=1S/C12H8BrClFNO/c13-11-2-1-3-12(16-11)17-7-8-4-5-9(14)6-10(8)15/h1-6H,7H2. The van der Waals surface area contributed by atoms with Crippen LogP contribution in [0.25, 0.3) is 0 Å². The Kier molecular flexibility index (Phi) is 3.97. The van der Waals surface area contributed by atoms with E-state index in [-0.39, 0.29) is 12.4 Å². The van der Waals surface area contributed by atoms with E-state index >= 15 is 0 Å². The molecule has 0 unspecified atom stereocenters. The zero-order chi connectivity index (χ0) is 12.3. The lowest BCUT2D eigenvalue weighted by Crippen LogP contribution is -1.99. The quantitative estimate of drug-likeness (QED) is 0.791. The Hall–Kier alpha value is -1.13. The Bertz CT molecular complexity index is 536. The summed E-state index contributed by atoms with van der Waals surface area (Å²) < 4.78 is 19.5. The molecule has 1 heterocycles. The van der Waals surface area contributed by atoms with Crippen molar-refractivity contribution in [1.82, 2.24) is 4.98 Å². The van der Waals surface area contributed by atoms with E-state index in [9.17, 15) is 4.39 Å². The maximum Gasteiger partial charge on any atom is 0.214 e. The molecule has 17 heavy (non-hydrogen) atoms. The summed E-state index contributed by atoms with van der Waals surface area (Å²) in [4.78, 5) is 4.08. The average molecular weight is 317 g/mol. The molecular formula is C12H8BrClFNO. The average Bonchev–Trinajstić information content (AvgIpc) is 2.28. The molecule has 1 aromatic carbocycles. The molecule has 0 amide bonds. The van der Waals surface area contributed by atoms with Crippen molar-refractivity contribution in [3.05, 3.63) is 57.4 Å². The van der Waals surface area contributed by atoms with Gasteiger partial charge in [-0.1, -0.05) is 23.7 Å². The van der Waals surface area contributed by atoms with Crippen molar-refractivity contribution in [3.63, 3.8) is 0 Å². The Morgan fingerprint density at radius 2 is 2.12 bits per heavy atom. The van der Waals surface area contributed by atoms with Gasteiger partial charge in [0.2, 0.25) is 5.88 Å². The van der Waals surface area contributed by atoms with Crippen LogP contribution in [0.4, 0.5) is 4.39 Å². The van der Waals surface area contributed by atoms with Gasteiger partial charge in [0.05, 0.1) is 0 Å². The monoisotopic (exact) mass is 315 g/mol. The van der Waals surface area contributed by atoms with Gasteiger partial charge in [0.25, 0.3) is 0 Å². The summed E-state index contributed by atoms with van der Waals surface area (Å²) in [5, 5.41) is 0.367. The van der Waals surface area contributed by atoms with Crippen molar-refractivity contribution in [2.75, 3.05) is 0 Å². The van der Waals surface area contributed by atoms with E-state index in [1.54, 1.807) is 30.3 Å². The van der Waals surface area contributed by atoms with Gasteiger partial charge in [-0.05, 0) is 34.1 Å². The number of rotatable bonds is 3. The van der Waals surface area contributed by atoms with Crippen molar-refractivity contribution >= 4 is 27.5 Å². The molecule has 2 aromatic rings. The van der Waals surface area contributed by atoms with E-state index in [0.717, 1.165) is 0 Å². The lowest BCUT2D eigenvalue weighted by atomic mass is 10.2. The van der Waals surface area contributed by atoms with Gasteiger partial charge in [-0.25, -0.2) is 9.37 Å². The molecule has 2 rings (SSSR count). The van der Waals surface area contributed by atoms with Crippen LogP contribution in [0.5, 0.6) is 5.88 Å². The third-order valence-corrected chi connectivity index (χ3v) is 2.76. The van der Waals surface area contributed by atoms with Gasteiger partial charge in [0.1, 0.15) is 17.0 Å². The normalized spacial score (nSPS) is 10.3. The summed E-state index contributed by atoms with van der Waals surface area (Å²) in [5.74, 6) is 0.0567. The van der Waals surface area contributed by atoms with Crippen molar-refractivity contribution in [2.24, 2.45) is 0 Å². The lowest BCUT2D eigenvalue weighted by molar-refractivity contribution is 0.287. The van der Waals surface area contributed by atoms with Crippen molar-refractivity contribution < 1.29 is 9.13 Å². The zero-order valence-corrected chi connectivity index (χ0v) is 11.0. The van der Waals surface area contributed by atoms with Gasteiger partial charge in [-0.3, -0.25) is 0 Å². The molecule has 0 N–H and O–H groups in total. The fraction of sp³-hybridized carbons (Fsp3) is 0.0833. The maximum absolute atomic E-state index is 13.4. The number of hydrogen-bond donors (Lipinski definition) is 0. The van der Waals surface area contributed by atoms with E-state index in [1.807, 2.05) is 0 Å². The van der Waals surface area contributed by atoms with Gasteiger partial charge >= 0.3 is 0 Å². The number of pyridine rings is 1. The first-order valence-corrected chi connectivity index (χ1v) is 6.01. The molecular weight excluding hydrogens is 308 g/mol. The highest BCUT2D eigenvalue weighted by Crippen LogP contribution is 2.17. The number of aromatic nitrogens is 1. The molecule has 0 saturated heterocycles. The summed E-state index contributed by atoms with van der Waals surface area (Å²) in [5.41, 5.74) is 0.441. The van der Waals surface area contributed by atoms with E-state index in [2.05, 4.69) is 20.9 Å². The van der Waals surface area contributed by atoms with Crippen LogP contribution < -0.4 is 4.74 Å². The molecule has 88 valence electrons. The second-order valence-corrected chi connectivity index (χ2v) is 4.57. The van der Waals surface area contributed by atoms with Crippen molar-refractivity contribution in [3.8, 4) is 5.88 Å². The number of nitrogens with zero attached hydrogens (tertiary/aromatic N) is 1. The first-order valence-electron chi connectivity index (χ1n) is 4.84. The maximum atomic E-state index is 13.4. The Morgan fingerprint density at radius 3 is 2.82 bits per heavy atom. The van der Waals surface area contributed by atoms with E-state index in [4.69, 9.17) is 16.3 Å². The predicted octanol–water partition coefficient (Wildman–Crippen LogP) is 4.22. The first kappa shape index (κ1) is 12.3. The molecule has 5 heteroatoms. The second-order valence-electron chi connectivity index (χ2n) is 3.32. The molecule has 1 aromatic heterocycles. The molecule has 0 aliphatic carbocycles. The molecule has 0 spiro atoms. The zero-order valence-electron chi connectivity index (χ0n) is 8.66. The highest BCUT2D eigenvalue weighted by Gasteiger charge is 2.04. The van der Waals surface area contributed by atoms with Gasteiger partial charge in [-0.2, -0.15) is 0 Å². The molecule has 0 radical (unpaired) electrons. The number of ether oxygens (including phenoxy) is 1. The third-order valence-electron chi connectivity index (χ3n) is 2.08. The van der Waals surface area contributed by atoms with Crippen LogP contribution in [0.15, 0.2) is 41.0 Å². The first-order chi connectivity index (χ1) is 8.15. The van der Waals surface area contributed by atoms with E-state index < -0.39 is 0 Å².